The van der Waals surface area contributed by atoms with E-state index in [2.05, 4.69) is 4.98 Å². The molecule has 1 spiro atoms. The smallest absolute Gasteiger partial charge is 0.220 e. The van der Waals surface area contributed by atoms with E-state index >= 15 is 0 Å². The number of thioether (sulfide) groups is 1. The Kier molecular flexibility index (Phi) is 3.91. The molecule has 1 unspecified atom stereocenters. The molecule has 0 bridgehead atoms. The van der Waals surface area contributed by atoms with Gasteiger partial charge in [0.15, 0.2) is 5.17 Å². The van der Waals surface area contributed by atoms with Gasteiger partial charge in [-0.2, -0.15) is 4.39 Å². The van der Waals surface area contributed by atoms with E-state index in [1.807, 2.05) is 18.2 Å². The molecule has 5 rings (SSSR count). The Morgan fingerprint density at radius 1 is 1.30 bits per heavy atom. The van der Waals surface area contributed by atoms with Crippen LogP contribution in [0.5, 0.6) is 5.75 Å². The van der Waals surface area contributed by atoms with Crippen LogP contribution in [-0.4, -0.2) is 33.2 Å². The summed E-state index contributed by atoms with van der Waals surface area (Å²) in [5.74, 6) is 1.04. The molecule has 140 valence electrons. The van der Waals surface area contributed by atoms with Crippen molar-refractivity contribution in [3.63, 3.8) is 0 Å². The zero-order valence-electron chi connectivity index (χ0n) is 14.6. The lowest BCUT2D eigenvalue weighted by Crippen LogP contribution is -2.51. The number of halogens is 1. The first-order chi connectivity index (χ1) is 13.1. The van der Waals surface area contributed by atoms with E-state index in [9.17, 15) is 9.50 Å². The van der Waals surface area contributed by atoms with Crippen molar-refractivity contribution >= 4 is 16.9 Å². The Morgan fingerprint density at radius 2 is 2.19 bits per heavy atom. The molecular formula is C20H20FN3O2S. The van der Waals surface area contributed by atoms with E-state index in [4.69, 9.17) is 15.5 Å². The Hall–Kier alpha value is -2.12. The van der Waals surface area contributed by atoms with Crippen molar-refractivity contribution in [3.05, 3.63) is 48.0 Å². The molecule has 4 atom stereocenters. The molecule has 1 aromatic carbocycles. The fourth-order valence-electron chi connectivity index (χ4n) is 4.64. The number of fused-ring (bicyclic) bond motifs is 4. The number of hydrogen-bond donors (Lipinski definition) is 2. The molecule has 2 aliphatic heterocycles. The molecular weight excluding hydrogens is 365 g/mol. The summed E-state index contributed by atoms with van der Waals surface area (Å²) in [6.45, 7) is 0. The topological polar surface area (TPSA) is 80.7 Å². The lowest BCUT2D eigenvalue weighted by molar-refractivity contribution is -0.0236. The molecule has 7 heteroatoms. The molecule has 0 radical (unpaired) electrons. The van der Waals surface area contributed by atoms with Crippen LogP contribution in [0.2, 0.25) is 0 Å². The van der Waals surface area contributed by atoms with E-state index in [1.54, 1.807) is 12.1 Å². The van der Waals surface area contributed by atoms with Crippen LogP contribution in [-0.2, 0) is 5.54 Å². The van der Waals surface area contributed by atoms with E-state index in [1.165, 1.54) is 18.0 Å². The summed E-state index contributed by atoms with van der Waals surface area (Å²) in [5.41, 5.74) is 7.64. The third-order valence-corrected chi connectivity index (χ3v) is 6.89. The zero-order valence-corrected chi connectivity index (χ0v) is 15.5. The molecule has 1 saturated carbocycles. The van der Waals surface area contributed by atoms with Crippen LogP contribution in [0.15, 0.2) is 41.5 Å². The Morgan fingerprint density at radius 3 is 2.96 bits per heavy atom. The van der Waals surface area contributed by atoms with Crippen molar-refractivity contribution < 1.29 is 14.2 Å². The van der Waals surface area contributed by atoms with Crippen molar-refractivity contribution in [2.45, 2.75) is 37.0 Å². The van der Waals surface area contributed by atoms with Crippen LogP contribution >= 0.6 is 11.8 Å². The first-order valence-electron chi connectivity index (χ1n) is 9.15. The van der Waals surface area contributed by atoms with Gasteiger partial charge < -0.3 is 15.6 Å². The molecule has 27 heavy (non-hydrogen) atoms. The van der Waals surface area contributed by atoms with Gasteiger partial charge in [0.2, 0.25) is 5.95 Å². The number of ether oxygens (including phenoxy) is 1. The summed E-state index contributed by atoms with van der Waals surface area (Å²) in [5, 5.41) is 10.8. The van der Waals surface area contributed by atoms with Crippen LogP contribution < -0.4 is 10.5 Å². The minimum absolute atomic E-state index is 0.0112. The fourth-order valence-corrected chi connectivity index (χ4v) is 5.67. The van der Waals surface area contributed by atoms with Gasteiger partial charge in [0.25, 0.3) is 0 Å². The fraction of sp³-hybridized carbons (Fsp3) is 0.400. The maximum atomic E-state index is 14.2. The lowest BCUT2D eigenvalue weighted by Gasteiger charge is -2.48. The van der Waals surface area contributed by atoms with Crippen LogP contribution in [0.1, 0.15) is 24.8 Å². The monoisotopic (exact) mass is 385 g/mol. The highest BCUT2D eigenvalue weighted by Crippen LogP contribution is 2.54. The molecule has 1 fully saturated rings. The summed E-state index contributed by atoms with van der Waals surface area (Å²) >= 11 is 1.53. The first-order valence-corrected chi connectivity index (χ1v) is 10.1. The molecule has 1 aliphatic carbocycles. The first kappa shape index (κ1) is 17.0. The average molecular weight is 385 g/mol. The van der Waals surface area contributed by atoms with Crippen molar-refractivity contribution in [2.24, 2.45) is 16.6 Å². The third-order valence-electron chi connectivity index (χ3n) is 5.92. The number of rotatable bonds is 1. The van der Waals surface area contributed by atoms with Gasteiger partial charge in [-0.3, -0.25) is 0 Å². The highest BCUT2D eigenvalue weighted by Gasteiger charge is 2.54. The second kappa shape index (κ2) is 6.21. The van der Waals surface area contributed by atoms with Gasteiger partial charge in [-0.1, -0.05) is 17.8 Å². The number of benzene rings is 1. The van der Waals surface area contributed by atoms with E-state index in [-0.39, 0.29) is 18.1 Å². The molecule has 3 aliphatic rings. The van der Waals surface area contributed by atoms with Crippen molar-refractivity contribution in [2.75, 3.05) is 5.75 Å². The van der Waals surface area contributed by atoms with Crippen molar-refractivity contribution in [1.29, 1.82) is 0 Å². The molecule has 0 saturated heterocycles. The van der Waals surface area contributed by atoms with Crippen molar-refractivity contribution in [1.82, 2.24) is 4.98 Å². The summed E-state index contributed by atoms with van der Waals surface area (Å²) in [6, 6.07) is 9.15. The van der Waals surface area contributed by atoms with Gasteiger partial charge in [0.05, 0.1) is 6.10 Å². The van der Waals surface area contributed by atoms with E-state index in [0.717, 1.165) is 29.7 Å². The van der Waals surface area contributed by atoms with E-state index < -0.39 is 11.5 Å². The summed E-state index contributed by atoms with van der Waals surface area (Å²) < 4.78 is 20.5. The lowest BCUT2D eigenvalue weighted by atomic mass is 9.68. The summed E-state index contributed by atoms with van der Waals surface area (Å²) in [7, 11) is 0. The van der Waals surface area contributed by atoms with Crippen molar-refractivity contribution in [3.8, 4) is 16.9 Å². The SMILES string of the molecule is NC1=N[C@@]2(CS1)c1cc(-c3cccnc3F)ccc1O[C@H]1CC[C@H](O)CC12. The summed E-state index contributed by atoms with van der Waals surface area (Å²) in [4.78, 5) is 8.62. The molecule has 3 N–H and O–H groups in total. The Labute approximate surface area is 160 Å². The van der Waals surface area contributed by atoms with Crippen LogP contribution in [0.4, 0.5) is 4.39 Å². The normalized spacial score (nSPS) is 31.8. The summed E-state index contributed by atoms with van der Waals surface area (Å²) in [6.07, 6.45) is 3.26. The molecule has 2 aromatic rings. The van der Waals surface area contributed by atoms with E-state index in [0.29, 0.717) is 22.9 Å². The minimum atomic E-state index is -0.539. The van der Waals surface area contributed by atoms with Crippen LogP contribution in [0.3, 0.4) is 0 Å². The maximum Gasteiger partial charge on any atom is 0.220 e. The number of pyridine rings is 1. The molecule has 5 nitrogen and oxygen atoms in total. The number of aliphatic hydroxyl groups is 1. The number of aliphatic imine (C=N–C) groups is 1. The van der Waals surface area contributed by atoms with Gasteiger partial charge in [0, 0.05) is 29.0 Å². The number of amidine groups is 1. The van der Waals surface area contributed by atoms with Gasteiger partial charge in [-0.05, 0) is 49.1 Å². The molecule has 3 heterocycles. The number of hydrogen-bond acceptors (Lipinski definition) is 6. The quantitative estimate of drug-likeness (QED) is 0.738. The molecule has 1 aromatic heterocycles. The van der Waals surface area contributed by atoms with Gasteiger partial charge in [-0.25, -0.2) is 9.98 Å². The second-order valence-corrected chi connectivity index (χ2v) is 8.44. The highest BCUT2D eigenvalue weighted by atomic mass is 32.2. The standard InChI is InChI=1S/C20H20FN3O2S/c21-18-13(2-1-7-23-18)11-3-5-16-14(8-11)20(10-27-19(22)24-20)15-9-12(25)4-6-17(15)26-16/h1-3,5,7-8,12,15,17,25H,4,6,9-10H2,(H2,22,24)/t12-,15?,17-,20-/m0/s1. The number of aliphatic hydroxyl groups excluding tert-OH is 1. The Balaban J connectivity index is 1.68. The second-order valence-electron chi connectivity index (χ2n) is 7.45. The maximum absolute atomic E-state index is 14.2. The zero-order chi connectivity index (χ0) is 18.6. The van der Waals surface area contributed by atoms with Gasteiger partial charge in [-0.15, -0.1) is 0 Å². The minimum Gasteiger partial charge on any atom is -0.490 e. The van der Waals surface area contributed by atoms with Crippen LogP contribution in [0.25, 0.3) is 11.1 Å². The van der Waals surface area contributed by atoms with Gasteiger partial charge >= 0.3 is 0 Å². The van der Waals surface area contributed by atoms with Gasteiger partial charge in [0.1, 0.15) is 17.4 Å². The third kappa shape index (κ3) is 2.63. The van der Waals surface area contributed by atoms with Crippen LogP contribution in [0, 0.1) is 11.9 Å². The highest BCUT2D eigenvalue weighted by molar-refractivity contribution is 8.14. The average Bonchev–Trinajstić information content (AvgIpc) is 3.06. The number of aromatic nitrogens is 1. The number of nitrogens with two attached hydrogens (primary N) is 1. The predicted molar refractivity (Wildman–Crippen MR) is 103 cm³/mol. The molecule has 0 amide bonds. The number of nitrogens with zero attached hydrogens (tertiary/aromatic N) is 2. The predicted octanol–water partition coefficient (Wildman–Crippen LogP) is 3.07. The largest absolute Gasteiger partial charge is 0.490 e. The Bertz CT molecular complexity index is 937.